The molecule has 1 aromatic heterocycles. The normalized spacial score (nSPS) is 10.0. The molecule has 20 heavy (non-hydrogen) atoms. The van der Waals surface area contributed by atoms with Crippen LogP contribution in [0.15, 0.2) is 41.2 Å². The summed E-state index contributed by atoms with van der Waals surface area (Å²) in [5, 5.41) is 18.7. The molecule has 0 aliphatic carbocycles. The Kier molecular flexibility index (Phi) is 4.06. The van der Waals surface area contributed by atoms with Gasteiger partial charge in [0, 0.05) is 6.07 Å². The molecule has 1 aromatic carbocycles. The summed E-state index contributed by atoms with van der Waals surface area (Å²) in [6.07, 6.45) is 0. The van der Waals surface area contributed by atoms with Crippen molar-refractivity contribution >= 4 is 0 Å². The summed E-state index contributed by atoms with van der Waals surface area (Å²) in [4.78, 5) is 12.0. The third kappa shape index (κ3) is 2.81. The molecule has 1 heterocycles. The highest BCUT2D eigenvalue weighted by Gasteiger charge is 2.11. The average molecular weight is 270 g/mol. The summed E-state index contributed by atoms with van der Waals surface area (Å²) in [6.45, 7) is 2.02. The molecule has 0 atom stereocenters. The quantitative estimate of drug-likeness (QED) is 0.919. The lowest BCUT2D eigenvalue weighted by atomic mass is 10.2. The molecule has 5 heteroatoms. The number of hydrogen-bond donors (Lipinski definition) is 1. The van der Waals surface area contributed by atoms with Crippen molar-refractivity contribution in [1.29, 1.82) is 5.26 Å². The van der Waals surface area contributed by atoms with E-state index in [0.29, 0.717) is 11.3 Å². The van der Waals surface area contributed by atoms with Crippen LogP contribution in [0.1, 0.15) is 11.1 Å². The van der Waals surface area contributed by atoms with Gasteiger partial charge >= 0.3 is 0 Å². The first-order valence-corrected chi connectivity index (χ1v) is 6.15. The van der Waals surface area contributed by atoms with E-state index in [1.165, 1.54) is 6.07 Å². The Morgan fingerprint density at radius 1 is 1.35 bits per heavy atom. The van der Waals surface area contributed by atoms with E-state index >= 15 is 0 Å². The lowest BCUT2D eigenvalue weighted by Gasteiger charge is -2.11. The van der Waals surface area contributed by atoms with Crippen LogP contribution in [-0.4, -0.2) is 16.3 Å². The zero-order valence-electron chi connectivity index (χ0n) is 11.0. The van der Waals surface area contributed by atoms with Gasteiger partial charge in [-0.2, -0.15) is 5.26 Å². The Labute approximate surface area is 116 Å². The zero-order valence-corrected chi connectivity index (χ0v) is 11.0. The SMILES string of the molecule is Cc1cc(O)n(CCOc2ccccc2)c(=O)c1C#N. The molecule has 0 radical (unpaired) electrons. The average Bonchev–Trinajstić information content (AvgIpc) is 2.44. The summed E-state index contributed by atoms with van der Waals surface area (Å²) in [5.74, 6) is 0.524. The van der Waals surface area contributed by atoms with E-state index in [9.17, 15) is 9.90 Å². The molecule has 0 spiro atoms. The number of para-hydroxylation sites is 1. The molecule has 0 aliphatic rings. The molecular formula is C15H14N2O3. The molecule has 0 fully saturated rings. The van der Waals surface area contributed by atoms with Crippen molar-refractivity contribution in [1.82, 2.24) is 4.57 Å². The third-order valence-electron chi connectivity index (χ3n) is 2.91. The van der Waals surface area contributed by atoms with E-state index in [1.54, 1.807) is 19.1 Å². The molecule has 0 aliphatic heterocycles. The minimum absolute atomic E-state index is 0.0440. The minimum Gasteiger partial charge on any atom is -0.494 e. The van der Waals surface area contributed by atoms with Gasteiger partial charge in [-0.05, 0) is 24.6 Å². The summed E-state index contributed by atoms with van der Waals surface area (Å²) < 4.78 is 6.60. The van der Waals surface area contributed by atoms with E-state index < -0.39 is 5.56 Å². The van der Waals surface area contributed by atoms with Crippen LogP contribution in [0.25, 0.3) is 0 Å². The molecule has 2 rings (SSSR count). The molecule has 0 saturated carbocycles. The Morgan fingerprint density at radius 3 is 2.70 bits per heavy atom. The van der Waals surface area contributed by atoms with Crippen LogP contribution in [0.2, 0.25) is 0 Å². The van der Waals surface area contributed by atoms with E-state index in [1.807, 2.05) is 24.3 Å². The number of rotatable bonds is 4. The van der Waals surface area contributed by atoms with Gasteiger partial charge in [-0.3, -0.25) is 9.36 Å². The first-order valence-electron chi connectivity index (χ1n) is 6.15. The third-order valence-corrected chi connectivity index (χ3v) is 2.91. The number of hydrogen-bond acceptors (Lipinski definition) is 4. The first kappa shape index (κ1) is 13.7. The highest BCUT2D eigenvalue weighted by Crippen LogP contribution is 2.12. The smallest absolute Gasteiger partial charge is 0.271 e. The lowest BCUT2D eigenvalue weighted by molar-refractivity contribution is 0.284. The van der Waals surface area contributed by atoms with Crippen molar-refractivity contribution in [2.24, 2.45) is 0 Å². The fraction of sp³-hybridized carbons (Fsp3) is 0.200. The van der Waals surface area contributed by atoms with Crippen molar-refractivity contribution < 1.29 is 9.84 Å². The second-order valence-electron chi connectivity index (χ2n) is 4.29. The molecule has 2 aromatic rings. The molecule has 0 unspecified atom stereocenters. The Balaban J connectivity index is 2.15. The van der Waals surface area contributed by atoms with Crippen molar-refractivity contribution in [3.05, 3.63) is 57.9 Å². The van der Waals surface area contributed by atoms with Gasteiger partial charge in [0.05, 0.1) is 6.54 Å². The van der Waals surface area contributed by atoms with Gasteiger partial charge in [0.1, 0.15) is 24.0 Å². The van der Waals surface area contributed by atoms with Gasteiger partial charge in [-0.15, -0.1) is 0 Å². The lowest BCUT2D eigenvalue weighted by Crippen LogP contribution is -2.26. The maximum Gasteiger partial charge on any atom is 0.271 e. The van der Waals surface area contributed by atoms with E-state index in [-0.39, 0.29) is 24.6 Å². The molecule has 0 amide bonds. The number of aryl methyl sites for hydroxylation is 1. The summed E-state index contributed by atoms with van der Waals surface area (Å²) in [7, 11) is 0. The maximum atomic E-state index is 12.0. The fourth-order valence-corrected chi connectivity index (χ4v) is 1.88. The van der Waals surface area contributed by atoms with Crippen LogP contribution in [0.3, 0.4) is 0 Å². The van der Waals surface area contributed by atoms with Crippen LogP contribution in [0, 0.1) is 18.3 Å². The molecule has 0 bridgehead atoms. The monoisotopic (exact) mass is 270 g/mol. The van der Waals surface area contributed by atoms with Gasteiger partial charge in [-0.1, -0.05) is 18.2 Å². The standard InChI is InChI=1S/C15H14N2O3/c1-11-9-14(18)17(15(19)13(11)10-16)7-8-20-12-5-3-2-4-6-12/h2-6,9,18H,7-8H2,1H3. The number of pyridine rings is 1. The zero-order chi connectivity index (χ0) is 14.5. The van der Waals surface area contributed by atoms with Crippen LogP contribution < -0.4 is 10.3 Å². The van der Waals surface area contributed by atoms with Crippen molar-refractivity contribution in [3.63, 3.8) is 0 Å². The second kappa shape index (κ2) is 5.93. The summed E-state index contributed by atoms with van der Waals surface area (Å²) >= 11 is 0. The summed E-state index contributed by atoms with van der Waals surface area (Å²) in [5.41, 5.74) is 0.0133. The van der Waals surface area contributed by atoms with Gasteiger partial charge in [0.2, 0.25) is 0 Å². The van der Waals surface area contributed by atoms with E-state index in [4.69, 9.17) is 10.00 Å². The van der Waals surface area contributed by atoms with Gasteiger partial charge in [0.25, 0.3) is 5.56 Å². The second-order valence-corrected chi connectivity index (χ2v) is 4.29. The predicted octanol–water partition coefficient (Wildman–Crippen LogP) is 1.81. The molecule has 1 N–H and O–H groups in total. The highest BCUT2D eigenvalue weighted by molar-refractivity contribution is 5.37. The van der Waals surface area contributed by atoms with E-state index in [0.717, 1.165) is 4.57 Å². The molecule has 5 nitrogen and oxygen atoms in total. The number of ether oxygens (including phenoxy) is 1. The number of nitrogens with zero attached hydrogens (tertiary/aromatic N) is 2. The van der Waals surface area contributed by atoms with Crippen LogP contribution in [0.5, 0.6) is 11.6 Å². The van der Waals surface area contributed by atoms with Gasteiger partial charge in [-0.25, -0.2) is 0 Å². The topological polar surface area (TPSA) is 75.2 Å². The van der Waals surface area contributed by atoms with Crippen LogP contribution >= 0.6 is 0 Å². The van der Waals surface area contributed by atoms with Crippen molar-refractivity contribution in [2.75, 3.05) is 6.61 Å². The van der Waals surface area contributed by atoms with Crippen molar-refractivity contribution in [3.8, 4) is 17.7 Å². The summed E-state index contributed by atoms with van der Waals surface area (Å²) in [6, 6.07) is 12.4. The molecule has 102 valence electrons. The Bertz CT molecular complexity index is 700. The number of benzene rings is 1. The highest BCUT2D eigenvalue weighted by atomic mass is 16.5. The maximum absolute atomic E-state index is 12.0. The Hall–Kier alpha value is -2.74. The largest absolute Gasteiger partial charge is 0.494 e. The Morgan fingerprint density at radius 2 is 2.05 bits per heavy atom. The van der Waals surface area contributed by atoms with Crippen LogP contribution in [-0.2, 0) is 6.54 Å². The fourth-order valence-electron chi connectivity index (χ4n) is 1.88. The first-order chi connectivity index (χ1) is 9.63. The van der Waals surface area contributed by atoms with Crippen molar-refractivity contribution in [2.45, 2.75) is 13.5 Å². The van der Waals surface area contributed by atoms with Gasteiger partial charge in [0.15, 0.2) is 5.88 Å². The molecule has 0 saturated heterocycles. The number of aromatic nitrogens is 1. The predicted molar refractivity (Wildman–Crippen MR) is 73.8 cm³/mol. The van der Waals surface area contributed by atoms with E-state index in [2.05, 4.69) is 0 Å². The van der Waals surface area contributed by atoms with Crippen LogP contribution in [0.4, 0.5) is 0 Å². The minimum atomic E-state index is -0.498. The number of nitriles is 1. The number of aromatic hydroxyl groups is 1. The molecular weight excluding hydrogens is 256 g/mol. The van der Waals surface area contributed by atoms with Gasteiger partial charge < -0.3 is 9.84 Å².